The Labute approximate surface area is 144 Å². The molecule has 2 fully saturated rings. The van der Waals surface area contributed by atoms with Crippen molar-refractivity contribution >= 4 is 0 Å². The van der Waals surface area contributed by atoms with Crippen LogP contribution in [0.4, 0.5) is 0 Å². The molecule has 130 valence electrons. The minimum absolute atomic E-state index is 0.0635. The van der Waals surface area contributed by atoms with Crippen molar-refractivity contribution in [1.29, 1.82) is 0 Å². The van der Waals surface area contributed by atoms with Crippen molar-refractivity contribution in [3.8, 4) is 11.8 Å². The molecular weight excluding hydrogens is 304 g/mol. The number of unbranched alkanes of at least 4 members (excludes halogenated alkanes) is 2. The highest BCUT2D eigenvalue weighted by Crippen LogP contribution is 2.30. The van der Waals surface area contributed by atoms with Gasteiger partial charge < -0.3 is 19.3 Å². The highest BCUT2D eigenvalue weighted by molar-refractivity contribution is 5.13. The number of epoxide rings is 1. The lowest BCUT2D eigenvalue weighted by Gasteiger charge is -2.10. The molecule has 0 unspecified atom stereocenters. The number of aliphatic hydroxyl groups excluding tert-OH is 1. The molecule has 0 aromatic heterocycles. The molecular formula is C20H26O4. The molecule has 1 aromatic carbocycles. The predicted octanol–water partition coefficient (Wildman–Crippen LogP) is 2.68. The summed E-state index contributed by atoms with van der Waals surface area (Å²) in [7, 11) is 0. The zero-order chi connectivity index (χ0) is 16.6. The third kappa shape index (κ3) is 5.61. The highest BCUT2D eigenvalue weighted by atomic mass is 16.6. The highest BCUT2D eigenvalue weighted by Gasteiger charge is 2.43. The standard InChI is InChI=1S/C20H26O4/c21-17-13-19(20-15-23-20)24-18(17)11-7-2-1-3-8-12-22-14-16-9-5-4-6-10-16/h4-6,9-10,17-21H,1,3,8,11-15H2/t17-,18+,19+,20-/m1/s1. The topological polar surface area (TPSA) is 51.2 Å². The van der Waals surface area contributed by atoms with E-state index in [1.165, 1.54) is 5.56 Å². The van der Waals surface area contributed by atoms with Crippen LogP contribution in [0.1, 0.15) is 37.7 Å². The van der Waals surface area contributed by atoms with Gasteiger partial charge in [-0.2, -0.15) is 0 Å². The van der Waals surface area contributed by atoms with Crippen LogP contribution < -0.4 is 0 Å². The minimum Gasteiger partial charge on any atom is -0.390 e. The van der Waals surface area contributed by atoms with E-state index < -0.39 is 6.10 Å². The number of hydrogen-bond donors (Lipinski definition) is 1. The molecule has 0 bridgehead atoms. The Hall–Kier alpha value is -1.38. The van der Waals surface area contributed by atoms with Gasteiger partial charge in [0.25, 0.3) is 0 Å². The first-order chi connectivity index (χ1) is 11.8. The van der Waals surface area contributed by atoms with E-state index in [9.17, 15) is 5.11 Å². The third-order valence-electron chi connectivity index (χ3n) is 4.41. The van der Waals surface area contributed by atoms with E-state index in [-0.39, 0.29) is 18.3 Å². The van der Waals surface area contributed by atoms with Gasteiger partial charge in [-0.1, -0.05) is 30.3 Å². The molecule has 0 saturated carbocycles. The average molecular weight is 330 g/mol. The Morgan fingerprint density at radius 3 is 2.75 bits per heavy atom. The van der Waals surface area contributed by atoms with Crippen LogP contribution in [0.3, 0.4) is 0 Å². The van der Waals surface area contributed by atoms with Crippen LogP contribution in [0.2, 0.25) is 0 Å². The zero-order valence-electron chi connectivity index (χ0n) is 14.0. The fourth-order valence-electron chi connectivity index (χ4n) is 2.90. The largest absolute Gasteiger partial charge is 0.390 e. The average Bonchev–Trinajstić information content (AvgIpc) is 3.38. The fraction of sp³-hybridized carbons (Fsp3) is 0.600. The summed E-state index contributed by atoms with van der Waals surface area (Å²) in [4.78, 5) is 0. The van der Waals surface area contributed by atoms with Crippen molar-refractivity contribution in [3.63, 3.8) is 0 Å². The first-order valence-corrected chi connectivity index (χ1v) is 8.85. The molecule has 2 aliphatic heterocycles. The van der Waals surface area contributed by atoms with E-state index in [2.05, 4.69) is 24.0 Å². The molecule has 2 heterocycles. The van der Waals surface area contributed by atoms with Gasteiger partial charge in [-0.25, -0.2) is 0 Å². The maximum atomic E-state index is 9.96. The lowest BCUT2D eigenvalue weighted by Crippen LogP contribution is -2.20. The summed E-state index contributed by atoms with van der Waals surface area (Å²) in [6, 6.07) is 10.2. The van der Waals surface area contributed by atoms with Gasteiger partial charge in [-0.05, 0) is 18.4 Å². The summed E-state index contributed by atoms with van der Waals surface area (Å²) in [6.07, 6.45) is 3.92. The molecule has 0 amide bonds. The van der Waals surface area contributed by atoms with Crippen molar-refractivity contribution in [3.05, 3.63) is 35.9 Å². The summed E-state index contributed by atoms with van der Waals surface area (Å²) < 4.78 is 16.7. The molecule has 4 heteroatoms. The quantitative estimate of drug-likeness (QED) is 0.452. The van der Waals surface area contributed by atoms with Crippen LogP contribution in [0.15, 0.2) is 30.3 Å². The van der Waals surface area contributed by atoms with E-state index in [0.29, 0.717) is 19.4 Å². The Bertz CT molecular complexity index is 544. The third-order valence-corrected chi connectivity index (χ3v) is 4.41. The second-order valence-corrected chi connectivity index (χ2v) is 6.44. The van der Waals surface area contributed by atoms with Gasteiger partial charge in [0.1, 0.15) is 6.10 Å². The van der Waals surface area contributed by atoms with E-state index in [4.69, 9.17) is 14.2 Å². The summed E-state index contributed by atoms with van der Waals surface area (Å²) in [5, 5.41) is 9.96. The van der Waals surface area contributed by atoms with Crippen molar-refractivity contribution in [2.24, 2.45) is 0 Å². The predicted molar refractivity (Wildman–Crippen MR) is 91.4 cm³/mol. The van der Waals surface area contributed by atoms with Gasteiger partial charge in [0.2, 0.25) is 0 Å². The lowest BCUT2D eigenvalue weighted by atomic mass is 10.1. The van der Waals surface area contributed by atoms with Crippen LogP contribution in [-0.4, -0.2) is 42.7 Å². The zero-order valence-corrected chi connectivity index (χ0v) is 14.0. The van der Waals surface area contributed by atoms with Crippen LogP contribution in [0.5, 0.6) is 0 Å². The van der Waals surface area contributed by atoms with E-state index in [0.717, 1.165) is 32.5 Å². The van der Waals surface area contributed by atoms with E-state index in [1.807, 2.05) is 18.2 Å². The summed E-state index contributed by atoms with van der Waals surface area (Å²) in [5.41, 5.74) is 1.21. The van der Waals surface area contributed by atoms with Crippen LogP contribution in [0.25, 0.3) is 0 Å². The molecule has 0 spiro atoms. The number of ether oxygens (including phenoxy) is 3. The number of hydrogen-bond acceptors (Lipinski definition) is 4. The smallest absolute Gasteiger partial charge is 0.107 e. The Morgan fingerprint density at radius 1 is 1.12 bits per heavy atom. The molecule has 2 saturated heterocycles. The summed E-state index contributed by atoms with van der Waals surface area (Å²) in [6.45, 7) is 2.21. The van der Waals surface area contributed by atoms with Crippen molar-refractivity contribution in [1.82, 2.24) is 0 Å². The van der Waals surface area contributed by atoms with Crippen LogP contribution in [-0.2, 0) is 20.8 Å². The SMILES string of the molecule is O[C@@H]1C[C@@H]([C@H]2CO2)O[C@H]1CC#CCCCCOCc1ccccc1. The van der Waals surface area contributed by atoms with Crippen LogP contribution in [0, 0.1) is 11.8 Å². The molecule has 0 radical (unpaired) electrons. The first kappa shape index (κ1) is 17.4. The molecule has 4 atom stereocenters. The van der Waals surface area contributed by atoms with Crippen molar-refractivity contribution in [2.45, 2.75) is 63.1 Å². The summed E-state index contributed by atoms with van der Waals surface area (Å²) in [5.74, 6) is 6.31. The maximum absolute atomic E-state index is 9.96. The normalized spacial score (nSPS) is 28.4. The summed E-state index contributed by atoms with van der Waals surface area (Å²) >= 11 is 0. The van der Waals surface area contributed by atoms with Crippen molar-refractivity contribution < 1.29 is 19.3 Å². The number of benzene rings is 1. The fourth-order valence-corrected chi connectivity index (χ4v) is 2.90. The minimum atomic E-state index is -0.403. The second-order valence-electron chi connectivity index (χ2n) is 6.44. The number of rotatable bonds is 8. The first-order valence-electron chi connectivity index (χ1n) is 8.85. The Kier molecular flexibility index (Phi) is 6.68. The Balaban J connectivity index is 1.21. The Morgan fingerprint density at radius 2 is 1.96 bits per heavy atom. The van der Waals surface area contributed by atoms with Gasteiger partial charge in [0.05, 0.1) is 31.5 Å². The molecule has 1 aromatic rings. The van der Waals surface area contributed by atoms with Crippen LogP contribution >= 0.6 is 0 Å². The molecule has 0 aliphatic carbocycles. The van der Waals surface area contributed by atoms with Gasteiger partial charge in [-0.15, -0.1) is 11.8 Å². The molecule has 1 N–H and O–H groups in total. The monoisotopic (exact) mass is 330 g/mol. The molecule has 4 nitrogen and oxygen atoms in total. The van der Waals surface area contributed by atoms with Crippen molar-refractivity contribution in [2.75, 3.05) is 13.2 Å². The molecule has 24 heavy (non-hydrogen) atoms. The van der Waals surface area contributed by atoms with E-state index >= 15 is 0 Å². The maximum Gasteiger partial charge on any atom is 0.107 e. The van der Waals surface area contributed by atoms with E-state index in [1.54, 1.807) is 0 Å². The van der Waals surface area contributed by atoms with Gasteiger partial charge >= 0.3 is 0 Å². The van der Waals surface area contributed by atoms with Gasteiger partial charge in [0, 0.05) is 25.9 Å². The molecule has 3 rings (SSSR count). The number of aliphatic hydroxyl groups is 1. The molecule has 2 aliphatic rings. The van der Waals surface area contributed by atoms with Gasteiger partial charge in [-0.3, -0.25) is 0 Å². The second kappa shape index (κ2) is 9.19. The van der Waals surface area contributed by atoms with Gasteiger partial charge in [0.15, 0.2) is 0 Å². The lowest BCUT2D eigenvalue weighted by molar-refractivity contribution is 0.00442.